The lowest BCUT2D eigenvalue weighted by Gasteiger charge is -2.16. The number of para-hydroxylation sites is 1. The van der Waals surface area contributed by atoms with Crippen LogP contribution in [-0.4, -0.2) is 11.7 Å². The van der Waals surface area contributed by atoms with Gasteiger partial charge >= 0.3 is 0 Å². The number of hydrogen-bond donors (Lipinski definition) is 2. The van der Waals surface area contributed by atoms with Gasteiger partial charge in [-0.2, -0.15) is 0 Å². The molecule has 2 N–H and O–H groups in total. The van der Waals surface area contributed by atoms with Crippen LogP contribution in [0.4, 0.5) is 14.5 Å². The summed E-state index contributed by atoms with van der Waals surface area (Å²) in [5.41, 5.74) is 1.72. The van der Waals surface area contributed by atoms with Crippen molar-refractivity contribution < 1.29 is 13.9 Å². The number of anilines is 1. The van der Waals surface area contributed by atoms with Crippen molar-refractivity contribution >= 4 is 5.69 Å². The van der Waals surface area contributed by atoms with Gasteiger partial charge in [0.1, 0.15) is 17.7 Å². The Bertz CT molecular complexity index is 581. The first kappa shape index (κ1) is 15.4. The molecule has 0 radical (unpaired) electrons. The summed E-state index contributed by atoms with van der Waals surface area (Å²) in [6, 6.07) is 11.3. The van der Waals surface area contributed by atoms with Crippen LogP contribution in [-0.2, 0) is 6.42 Å². The number of rotatable bonds is 6. The molecule has 0 aliphatic carbocycles. The fourth-order valence-electron chi connectivity index (χ4n) is 2.32. The topological polar surface area (TPSA) is 32.3 Å². The third kappa shape index (κ3) is 3.79. The van der Waals surface area contributed by atoms with Gasteiger partial charge in [-0.25, -0.2) is 8.78 Å². The van der Waals surface area contributed by atoms with E-state index >= 15 is 0 Å². The number of benzene rings is 2. The number of aryl methyl sites for hydroxylation is 1. The van der Waals surface area contributed by atoms with Gasteiger partial charge in [0.25, 0.3) is 0 Å². The molecule has 2 rings (SSSR count). The average Bonchev–Trinajstić information content (AvgIpc) is 2.46. The van der Waals surface area contributed by atoms with Crippen molar-refractivity contribution in [1.82, 2.24) is 0 Å². The van der Waals surface area contributed by atoms with Crippen LogP contribution in [0, 0.1) is 11.6 Å². The number of nitrogens with one attached hydrogen (secondary N) is 1. The van der Waals surface area contributed by atoms with Crippen molar-refractivity contribution in [2.75, 3.05) is 11.9 Å². The summed E-state index contributed by atoms with van der Waals surface area (Å²) in [6.45, 7) is 2.14. The van der Waals surface area contributed by atoms with E-state index in [-0.39, 0.29) is 12.1 Å². The molecular formula is C17H19F2NO. The van der Waals surface area contributed by atoms with E-state index in [9.17, 15) is 13.9 Å². The van der Waals surface area contributed by atoms with E-state index in [2.05, 4.69) is 12.2 Å². The van der Waals surface area contributed by atoms with Gasteiger partial charge in [-0.1, -0.05) is 37.6 Å². The summed E-state index contributed by atoms with van der Waals surface area (Å²) in [5, 5.41) is 13.1. The first-order chi connectivity index (χ1) is 10.1. The molecule has 21 heavy (non-hydrogen) atoms. The Morgan fingerprint density at radius 2 is 1.71 bits per heavy atom. The fraction of sp³-hybridized carbons (Fsp3) is 0.294. The van der Waals surface area contributed by atoms with Gasteiger partial charge < -0.3 is 10.4 Å². The van der Waals surface area contributed by atoms with Crippen molar-refractivity contribution in [3.05, 3.63) is 65.2 Å². The average molecular weight is 291 g/mol. The molecule has 0 fully saturated rings. The number of aliphatic hydroxyl groups excluding tert-OH is 1. The summed E-state index contributed by atoms with van der Waals surface area (Å²) in [5.74, 6) is -1.46. The molecule has 0 spiro atoms. The molecule has 0 saturated carbocycles. The van der Waals surface area contributed by atoms with E-state index in [1.165, 1.54) is 6.07 Å². The number of halogens is 2. The van der Waals surface area contributed by atoms with Gasteiger partial charge in [-0.15, -0.1) is 0 Å². The zero-order chi connectivity index (χ0) is 15.2. The minimum Gasteiger partial charge on any atom is -0.386 e. The summed E-state index contributed by atoms with van der Waals surface area (Å²) in [7, 11) is 0. The maximum absolute atomic E-state index is 13.6. The van der Waals surface area contributed by atoms with Crippen LogP contribution in [0.2, 0.25) is 0 Å². The highest BCUT2D eigenvalue weighted by Crippen LogP contribution is 2.22. The van der Waals surface area contributed by atoms with E-state index in [0.29, 0.717) is 0 Å². The fourth-order valence-corrected chi connectivity index (χ4v) is 2.32. The highest BCUT2D eigenvalue weighted by Gasteiger charge is 2.17. The van der Waals surface area contributed by atoms with Gasteiger partial charge in [0.05, 0.1) is 5.56 Å². The smallest absolute Gasteiger partial charge is 0.132 e. The Balaban J connectivity index is 2.09. The minimum atomic E-state index is -1.24. The van der Waals surface area contributed by atoms with Crippen LogP contribution in [0.15, 0.2) is 42.5 Å². The second-order valence-electron chi connectivity index (χ2n) is 4.94. The van der Waals surface area contributed by atoms with Crippen LogP contribution in [0.25, 0.3) is 0 Å². The van der Waals surface area contributed by atoms with Crippen molar-refractivity contribution in [2.24, 2.45) is 0 Å². The Labute approximate surface area is 123 Å². The minimum absolute atomic E-state index is 0.0541. The SMILES string of the molecule is CCCc1ccccc1NCC(O)c1c(F)cccc1F. The lowest BCUT2D eigenvalue weighted by atomic mass is 10.1. The quantitative estimate of drug-likeness (QED) is 0.841. The monoisotopic (exact) mass is 291 g/mol. The Morgan fingerprint density at radius 3 is 2.38 bits per heavy atom. The predicted octanol–water partition coefficient (Wildman–Crippen LogP) is 4.06. The summed E-state index contributed by atoms with van der Waals surface area (Å²) in [4.78, 5) is 0. The van der Waals surface area contributed by atoms with Crippen molar-refractivity contribution in [3.8, 4) is 0 Å². The number of aliphatic hydroxyl groups is 1. The lowest BCUT2D eigenvalue weighted by Crippen LogP contribution is -2.15. The van der Waals surface area contributed by atoms with Crippen LogP contribution in [0.1, 0.15) is 30.6 Å². The molecule has 1 unspecified atom stereocenters. The van der Waals surface area contributed by atoms with Gasteiger partial charge in [0.15, 0.2) is 0 Å². The molecule has 112 valence electrons. The standard InChI is InChI=1S/C17H19F2NO/c1-2-6-12-7-3-4-10-15(12)20-11-16(21)17-13(18)8-5-9-14(17)19/h3-5,7-10,16,20-21H,2,6,11H2,1H3. The second kappa shape index (κ2) is 7.18. The van der Waals surface area contributed by atoms with E-state index in [1.54, 1.807) is 0 Å². The molecule has 0 aliphatic rings. The van der Waals surface area contributed by atoms with E-state index in [4.69, 9.17) is 0 Å². The molecule has 2 nitrogen and oxygen atoms in total. The molecule has 2 aromatic carbocycles. The van der Waals surface area contributed by atoms with E-state index in [0.717, 1.165) is 36.2 Å². The largest absolute Gasteiger partial charge is 0.386 e. The molecule has 0 aliphatic heterocycles. The predicted molar refractivity (Wildman–Crippen MR) is 80.2 cm³/mol. The van der Waals surface area contributed by atoms with E-state index < -0.39 is 17.7 Å². The molecule has 4 heteroatoms. The van der Waals surface area contributed by atoms with Crippen LogP contribution in [0.3, 0.4) is 0 Å². The third-order valence-corrected chi connectivity index (χ3v) is 3.36. The lowest BCUT2D eigenvalue weighted by molar-refractivity contribution is 0.181. The summed E-state index contributed by atoms with van der Waals surface area (Å²) < 4.78 is 27.2. The van der Waals surface area contributed by atoms with Crippen molar-refractivity contribution in [3.63, 3.8) is 0 Å². The van der Waals surface area contributed by atoms with Crippen molar-refractivity contribution in [1.29, 1.82) is 0 Å². The number of hydrogen-bond acceptors (Lipinski definition) is 2. The second-order valence-corrected chi connectivity index (χ2v) is 4.94. The normalized spacial score (nSPS) is 12.2. The summed E-state index contributed by atoms with van der Waals surface area (Å²) in [6.07, 6.45) is 0.678. The highest BCUT2D eigenvalue weighted by molar-refractivity contribution is 5.51. The van der Waals surface area contributed by atoms with Crippen LogP contribution in [0.5, 0.6) is 0 Å². The zero-order valence-corrected chi connectivity index (χ0v) is 11.9. The Morgan fingerprint density at radius 1 is 1.05 bits per heavy atom. The molecule has 2 aromatic rings. The molecule has 0 amide bonds. The molecule has 0 bridgehead atoms. The van der Waals surface area contributed by atoms with Crippen molar-refractivity contribution in [2.45, 2.75) is 25.9 Å². The van der Waals surface area contributed by atoms with Gasteiger partial charge in [-0.05, 0) is 30.2 Å². The van der Waals surface area contributed by atoms with Crippen LogP contribution < -0.4 is 5.32 Å². The Kier molecular flexibility index (Phi) is 5.28. The van der Waals surface area contributed by atoms with Gasteiger partial charge in [-0.3, -0.25) is 0 Å². The maximum Gasteiger partial charge on any atom is 0.132 e. The zero-order valence-electron chi connectivity index (χ0n) is 11.9. The van der Waals surface area contributed by atoms with Crippen LogP contribution >= 0.6 is 0 Å². The van der Waals surface area contributed by atoms with E-state index in [1.807, 2.05) is 24.3 Å². The third-order valence-electron chi connectivity index (χ3n) is 3.36. The van der Waals surface area contributed by atoms with Gasteiger partial charge in [0.2, 0.25) is 0 Å². The molecule has 1 atom stereocenters. The molecule has 0 aromatic heterocycles. The molecule has 0 saturated heterocycles. The first-order valence-corrected chi connectivity index (χ1v) is 7.07. The maximum atomic E-state index is 13.6. The summed E-state index contributed by atoms with van der Waals surface area (Å²) >= 11 is 0. The molecular weight excluding hydrogens is 272 g/mol. The highest BCUT2D eigenvalue weighted by atomic mass is 19.1. The Hall–Kier alpha value is -1.94. The first-order valence-electron chi connectivity index (χ1n) is 7.07. The van der Waals surface area contributed by atoms with Gasteiger partial charge in [0, 0.05) is 12.2 Å². The molecule has 0 heterocycles.